The van der Waals surface area contributed by atoms with Crippen LogP contribution < -0.4 is 5.32 Å². The van der Waals surface area contributed by atoms with E-state index < -0.39 is 48.8 Å². The number of nitrogens with one attached hydrogen (secondary N) is 1. The quantitative estimate of drug-likeness (QED) is 0.257. The van der Waals surface area contributed by atoms with Gasteiger partial charge in [0.1, 0.15) is 5.71 Å². The first kappa shape index (κ1) is 30.2. The highest BCUT2D eigenvalue weighted by molar-refractivity contribution is 6.54. The average molecular weight is 497 g/mol. The molecule has 0 saturated carbocycles. The van der Waals surface area contributed by atoms with Crippen molar-refractivity contribution in [2.75, 3.05) is 6.54 Å². The minimum atomic E-state index is -4.63. The van der Waals surface area contributed by atoms with Gasteiger partial charge in [0.25, 0.3) is 0 Å². The van der Waals surface area contributed by atoms with Crippen LogP contribution in [-0.4, -0.2) is 48.9 Å². The van der Waals surface area contributed by atoms with Gasteiger partial charge in [-0.15, -0.1) is 0 Å². The Kier molecular flexibility index (Phi) is 10.4. The smallest absolute Gasteiger partial charge is 0.400 e. The Hall–Kier alpha value is -1.82. The zero-order chi connectivity index (χ0) is 26.4. The number of halogens is 6. The van der Waals surface area contributed by atoms with E-state index in [1.807, 2.05) is 41.5 Å². The van der Waals surface area contributed by atoms with Gasteiger partial charge >= 0.3 is 19.5 Å². The average Bonchev–Trinajstić information content (AvgIpc) is 2.99. The van der Waals surface area contributed by atoms with Crippen molar-refractivity contribution in [2.45, 2.75) is 97.7 Å². The number of allylic oxidation sites excluding steroid dienone is 3. The summed E-state index contributed by atoms with van der Waals surface area (Å²) >= 11 is 0. The summed E-state index contributed by atoms with van der Waals surface area (Å²) < 4.78 is 89.6. The van der Waals surface area contributed by atoms with E-state index in [1.165, 1.54) is 6.08 Å². The first-order chi connectivity index (χ1) is 15.6. The largest absolute Gasteiger partial charge is 0.490 e. The molecule has 2 rings (SSSR count). The van der Waals surface area contributed by atoms with Gasteiger partial charge in [-0.2, -0.15) is 26.3 Å². The van der Waals surface area contributed by atoms with Crippen LogP contribution >= 0.6 is 0 Å². The van der Waals surface area contributed by atoms with Gasteiger partial charge in [0.15, 0.2) is 0 Å². The lowest BCUT2D eigenvalue weighted by Crippen LogP contribution is -2.44. The molecule has 0 bridgehead atoms. The van der Waals surface area contributed by atoms with Crippen LogP contribution in [0.15, 0.2) is 33.3 Å². The first-order valence-corrected chi connectivity index (χ1v) is 11.4. The number of nitrogens with zero attached hydrogens (tertiary/aromatic N) is 2. The van der Waals surface area contributed by atoms with Gasteiger partial charge in [-0.25, -0.2) is 4.99 Å². The van der Waals surface area contributed by atoms with Crippen LogP contribution in [0.4, 0.5) is 26.3 Å². The summed E-state index contributed by atoms with van der Waals surface area (Å²) in [6, 6.07) is 0. The zero-order valence-electron chi connectivity index (χ0n) is 20.7. The Labute approximate surface area is 197 Å². The molecule has 194 valence electrons. The fraction of sp³-hybridized carbons (Fsp3) is 0.727. The highest BCUT2D eigenvalue weighted by Gasteiger charge is 2.53. The zero-order valence-corrected chi connectivity index (χ0v) is 20.7. The van der Waals surface area contributed by atoms with E-state index in [0.29, 0.717) is 18.3 Å². The molecule has 1 fully saturated rings. The molecule has 0 radical (unpaired) electrons. The lowest BCUT2D eigenvalue weighted by atomic mass is 9.76. The van der Waals surface area contributed by atoms with Gasteiger partial charge in [0, 0.05) is 18.7 Å². The maximum Gasteiger partial charge on any atom is 0.490 e. The normalized spacial score (nSPS) is 23.7. The minimum Gasteiger partial charge on any atom is -0.400 e. The van der Waals surface area contributed by atoms with Crippen LogP contribution in [0.25, 0.3) is 0 Å². The molecule has 1 unspecified atom stereocenters. The van der Waals surface area contributed by atoms with Gasteiger partial charge in [-0.3, -0.25) is 4.99 Å². The second kappa shape index (κ2) is 11.7. The van der Waals surface area contributed by atoms with Crippen molar-refractivity contribution in [3.8, 4) is 0 Å². The number of aliphatic imine (C=N–C) groups is 2. The molecule has 1 saturated heterocycles. The number of rotatable bonds is 6. The van der Waals surface area contributed by atoms with Gasteiger partial charge in [0.2, 0.25) is 5.96 Å². The monoisotopic (exact) mass is 497 g/mol. The molecular formula is C22H34BF6N3O2. The molecule has 0 aliphatic carbocycles. The molecule has 0 aromatic heterocycles. The van der Waals surface area contributed by atoms with Gasteiger partial charge in [-0.1, -0.05) is 33.8 Å². The van der Waals surface area contributed by atoms with Crippen LogP contribution in [-0.2, 0) is 9.31 Å². The third-order valence-electron chi connectivity index (χ3n) is 5.76. The van der Waals surface area contributed by atoms with Gasteiger partial charge in [-0.05, 0) is 45.2 Å². The van der Waals surface area contributed by atoms with E-state index >= 15 is 0 Å². The summed E-state index contributed by atoms with van der Waals surface area (Å²) in [5, 5.41) is 2.51. The van der Waals surface area contributed by atoms with Crippen LogP contribution in [0.5, 0.6) is 0 Å². The van der Waals surface area contributed by atoms with Crippen LogP contribution in [0.3, 0.4) is 0 Å². The summed E-state index contributed by atoms with van der Waals surface area (Å²) in [7, 11) is -0.807. The number of hydrogen-bond acceptors (Lipinski definition) is 5. The molecule has 1 atom stereocenters. The maximum absolute atomic E-state index is 13.0. The Bertz CT molecular complexity index is 818. The van der Waals surface area contributed by atoms with E-state index in [0.717, 1.165) is 6.08 Å². The van der Waals surface area contributed by atoms with E-state index in [2.05, 4.69) is 15.3 Å². The van der Waals surface area contributed by atoms with E-state index in [-0.39, 0.29) is 18.7 Å². The topological polar surface area (TPSA) is 55.2 Å². The van der Waals surface area contributed by atoms with Crippen LogP contribution in [0, 0.1) is 0 Å². The van der Waals surface area contributed by atoms with Crippen molar-refractivity contribution in [1.29, 1.82) is 0 Å². The fourth-order valence-electron chi connectivity index (χ4n) is 3.25. The van der Waals surface area contributed by atoms with Crippen LogP contribution in [0.2, 0.25) is 0 Å². The molecule has 2 aliphatic heterocycles. The Balaban J connectivity index is 0.00000281. The third kappa shape index (κ3) is 8.14. The summed E-state index contributed by atoms with van der Waals surface area (Å²) in [6.45, 7) is 13.2. The van der Waals surface area contributed by atoms with Crippen molar-refractivity contribution in [2.24, 2.45) is 9.98 Å². The second-order valence-corrected chi connectivity index (χ2v) is 8.35. The minimum absolute atomic E-state index is 0.0831. The van der Waals surface area contributed by atoms with E-state index in [9.17, 15) is 26.3 Å². The van der Waals surface area contributed by atoms with Crippen molar-refractivity contribution >= 4 is 18.8 Å². The van der Waals surface area contributed by atoms with Gasteiger partial charge < -0.3 is 14.6 Å². The molecule has 12 heteroatoms. The SMILES string of the molecule is CC.CC/C(=C\C(=C/CC(F)(F)F)NC1=NCCC(C(F)(F)F)=N1)B1OC(C)(C)C(C)(CC)O1. The standard InChI is InChI=1S/C20H28BF6N3O2.C2H6/c1-6-13(21-31-17(3,4)18(5,7-2)32-21)12-14(8-10-19(22,23)24)29-16-28-11-9-15(30-16)20(25,26)27;1-2/h8,12H,6-7,9-11H2,1-5H3,(H,28,29);1-2H3/b13-12+,14-8+;. The number of alkyl halides is 6. The third-order valence-corrected chi connectivity index (χ3v) is 5.76. The van der Waals surface area contributed by atoms with Crippen molar-refractivity contribution in [3.63, 3.8) is 0 Å². The summed E-state index contributed by atoms with van der Waals surface area (Å²) in [4.78, 5) is 7.32. The highest BCUT2D eigenvalue weighted by atomic mass is 19.4. The molecule has 0 aromatic carbocycles. The maximum atomic E-state index is 13.0. The molecule has 2 aliphatic rings. The Morgan fingerprint density at radius 2 is 1.71 bits per heavy atom. The highest BCUT2D eigenvalue weighted by Crippen LogP contribution is 2.41. The van der Waals surface area contributed by atoms with Crippen molar-refractivity contribution < 1.29 is 35.7 Å². The summed E-state index contributed by atoms with van der Waals surface area (Å²) in [6.07, 6.45) is -7.53. The molecule has 0 aromatic rings. The molecule has 34 heavy (non-hydrogen) atoms. The molecule has 5 nitrogen and oxygen atoms in total. The Morgan fingerprint density at radius 3 is 2.18 bits per heavy atom. The second-order valence-electron chi connectivity index (χ2n) is 8.35. The Morgan fingerprint density at radius 1 is 1.09 bits per heavy atom. The van der Waals surface area contributed by atoms with Crippen molar-refractivity contribution in [1.82, 2.24) is 5.32 Å². The fourth-order valence-corrected chi connectivity index (χ4v) is 3.25. The van der Waals surface area contributed by atoms with Crippen molar-refractivity contribution in [3.05, 3.63) is 23.3 Å². The van der Waals surface area contributed by atoms with Gasteiger partial charge in [0.05, 0.1) is 17.6 Å². The summed E-state index contributed by atoms with van der Waals surface area (Å²) in [5.74, 6) is -0.393. The number of hydrogen-bond donors (Lipinski definition) is 1. The lowest BCUT2D eigenvalue weighted by molar-refractivity contribution is -0.125. The summed E-state index contributed by atoms with van der Waals surface area (Å²) in [5.41, 5.74) is -1.85. The molecule has 1 N–H and O–H groups in total. The molecule has 0 amide bonds. The van der Waals surface area contributed by atoms with E-state index in [1.54, 1.807) is 6.92 Å². The first-order valence-electron chi connectivity index (χ1n) is 11.4. The predicted octanol–water partition coefficient (Wildman–Crippen LogP) is 6.56. The lowest BCUT2D eigenvalue weighted by Gasteiger charge is -2.35. The molecular weight excluding hydrogens is 463 g/mol. The molecule has 2 heterocycles. The predicted molar refractivity (Wildman–Crippen MR) is 123 cm³/mol. The van der Waals surface area contributed by atoms with E-state index in [4.69, 9.17) is 9.31 Å². The number of guanidine groups is 1. The molecule has 0 spiro atoms. The van der Waals surface area contributed by atoms with Crippen LogP contribution in [0.1, 0.15) is 74.1 Å².